The number of carbonyl (C=O) groups excluding carboxylic acids is 3. The number of methoxy groups -OCH3 is 1. The molecule has 172 valence electrons. The molecule has 0 aliphatic carbocycles. The van der Waals surface area contributed by atoms with Gasteiger partial charge in [0.2, 0.25) is 5.91 Å². The minimum atomic E-state index is -1.01. The number of nitrogens with two attached hydrogens (primary N) is 1. The summed E-state index contributed by atoms with van der Waals surface area (Å²) in [6, 6.07) is 17.3. The summed E-state index contributed by atoms with van der Waals surface area (Å²) in [5.41, 5.74) is 7.79. The Bertz CT molecular complexity index is 1280. The Morgan fingerprint density at radius 1 is 1.03 bits per heavy atom. The summed E-state index contributed by atoms with van der Waals surface area (Å²) in [5, 5.41) is 12.4. The van der Waals surface area contributed by atoms with Gasteiger partial charge in [0.25, 0.3) is 5.91 Å². The number of rotatable bonds is 7. The van der Waals surface area contributed by atoms with E-state index in [4.69, 9.17) is 33.7 Å². The number of nitrogens with one attached hydrogen (secondary N) is 1. The van der Waals surface area contributed by atoms with Gasteiger partial charge in [0.1, 0.15) is 6.04 Å². The Kier molecular flexibility index (Phi) is 7.90. The highest BCUT2D eigenvalue weighted by Gasteiger charge is 2.25. The maximum absolute atomic E-state index is 12.8. The lowest BCUT2D eigenvalue weighted by molar-refractivity contribution is -0.142. The third-order valence-electron chi connectivity index (χ3n) is 5.11. The first-order valence-corrected chi connectivity index (χ1v) is 10.8. The zero-order valence-electron chi connectivity index (χ0n) is 18.0. The van der Waals surface area contributed by atoms with Crippen LogP contribution in [0.25, 0.3) is 11.1 Å². The fourth-order valence-electron chi connectivity index (χ4n) is 3.49. The monoisotopic (exact) mass is 495 g/mol. The number of benzene rings is 3. The highest BCUT2D eigenvalue weighted by Crippen LogP contribution is 2.28. The summed E-state index contributed by atoms with van der Waals surface area (Å²) in [7, 11) is 1.22. The van der Waals surface area contributed by atoms with E-state index in [1.165, 1.54) is 19.2 Å². The number of amides is 2. The van der Waals surface area contributed by atoms with Crippen LogP contribution in [-0.2, 0) is 16.0 Å². The van der Waals surface area contributed by atoms with Crippen molar-refractivity contribution in [3.05, 3.63) is 93.0 Å². The van der Waals surface area contributed by atoms with Crippen LogP contribution in [0.1, 0.15) is 31.8 Å². The van der Waals surface area contributed by atoms with Crippen LogP contribution in [0.5, 0.6) is 0 Å². The highest BCUT2D eigenvalue weighted by atomic mass is 35.5. The van der Waals surface area contributed by atoms with Gasteiger partial charge in [-0.15, -0.1) is 0 Å². The molecule has 3 aromatic carbocycles. The summed E-state index contributed by atoms with van der Waals surface area (Å²) in [4.78, 5) is 37.0. The number of carbonyl (C=O) groups is 3. The van der Waals surface area contributed by atoms with Gasteiger partial charge >= 0.3 is 5.97 Å². The van der Waals surface area contributed by atoms with Gasteiger partial charge in [0, 0.05) is 17.5 Å². The van der Waals surface area contributed by atoms with Crippen molar-refractivity contribution < 1.29 is 19.1 Å². The molecule has 0 fully saturated rings. The van der Waals surface area contributed by atoms with Gasteiger partial charge in [-0.05, 0) is 35.4 Å². The van der Waals surface area contributed by atoms with Crippen LogP contribution in [0.3, 0.4) is 0 Å². The molecule has 0 saturated heterocycles. The van der Waals surface area contributed by atoms with Gasteiger partial charge in [-0.1, -0.05) is 59.6 Å². The molecule has 0 aliphatic heterocycles. The van der Waals surface area contributed by atoms with Crippen LogP contribution >= 0.6 is 23.2 Å². The predicted octanol–water partition coefficient (Wildman–Crippen LogP) is 4.15. The summed E-state index contributed by atoms with van der Waals surface area (Å²) < 4.78 is 4.84. The van der Waals surface area contributed by atoms with E-state index in [-0.39, 0.29) is 27.6 Å². The third kappa shape index (κ3) is 5.37. The van der Waals surface area contributed by atoms with Crippen molar-refractivity contribution in [2.24, 2.45) is 5.73 Å². The molecule has 0 spiro atoms. The Labute approximate surface area is 206 Å². The standard InChI is InChI=1S/C25H19Cl2N3O4/c1-34-25(33)20(30-24(32)22-18(26)6-3-7-19(22)27)12-14-8-10-15(11-9-14)21-16(13-28)4-2-5-17(21)23(29)31/h2-11,20H,12H2,1H3,(H2,29,31)(H,30,32)/t20-/m0/s1. The Morgan fingerprint density at radius 2 is 1.65 bits per heavy atom. The van der Waals surface area contributed by atoms with E-state index in [0.717, 1.165) is 0 Å². The molecule has 2 amide bonds. The molecule has 0 unspecified atom stereocenters. The second kappa shape index (κ2) is 10.8. The molecule has 0 aromatic heterocycles. The van der Waals surface area contributed by atoms with E-state index in [1.807, 2.05) is 0 Å². The Morgan fingerprint density at radius 3 is 2.21 bits per heavy atom. The molecule has 3 aromatic rings. The van der Waals surface area contributed by atoms with Crippen molar-refractivity contribution in [1.82, 2.24) is 5.32 Å². The van der Waals surface area contributed by atoms with Crippen LogP contribution in [0.4, 0.5) is 0 Å². The Hall–Kier alpha value is -3.86. The number of esters is 1. The quantitative estimate of drug-likeness (QED) is 0.476. The highest BCUT2D eigenvalue weighted by molar-refractivity contribution is 6.39. The third-order valence-corrected chi connectivity index (χ3v) is 5.74. The molecule has 0 bridgehead atoms. The number of nitrogens with zero attached hydrogens (tertiary/aromatic N) is 1. The minimum Gasteiger partial charge on any atom is -0.467 e. The molecule has 1 atom stereocenters. The summed E-state index contributed by atoms with van der Waals surface area (Å²) in [5.74, 6) is -1.91. The van der Waals surface area contributed by atoms with Crippen molar-refractivity contribution >= 4 is 41.0 Å². The van der Waals surface area contributed by atoms with Crippen molar-refractivity contribution in [2.45, 2.75) is 12.5 Å². The van der Waals surface area contributed by atoms with Gasteiger partial charge in [-0.3, -0.25) is 9.59 Å². The van der Waals surface area contributed by atoms with Crippen LogP contribution in [0.2, 0.25) is 10.0 Å². The van der Waals surface area contributed by atoms with Crippen LogP contribution in [-0.4, -0.2) is 30.9 Å². The van der Waals surface area contributed by atoms with Crippen LogP contribution in [0.15, 0.2) is 60.7 Å². The summed E-state index contributed by atoms with van der Waals surface area (Å²) in [6.07, 6.45) is 0.114. The molecule has 0 saturated carbocycles. The zero-order valence-corrected chi connectivity index (χ0v) is 19.5. The van der Waals surface area contributed by atoms with E-state index in [2.05, 4.69) is 11.4 Å². The van der Waals surface area contributed by atoms with E-state index in [9.17, 15) is 19.6 Å². The molecule has 0 heterocycles. The SMILES string of the molecule is COC(=O)[C@H](Cc1ccc(-c2c(C#N)cccc2C(N)=O)cc1)NC(=O)c1c(Cl)cccc1Cl. The number of nitriles is 1. The predicted molar refractivity (Wildman–Crippen MR) is 129 cm³/mol. The molecule has 3 rings (SSSR count). The van der Waals surface area contributed by atoms with E-state index in [0.29, 0.717) is 22.3 Å². The Balaban J connectivity index is 1.88. The van der Waals surface area contributed by atoms with Gasteiger partial charge in [-0.25, -0.2) is 4.79 Å². The van der Waals surface area contributed by atoms with Gasteiger partial charge in [0.15, 0.2) is 0 Å². The smallest absolute Gasteiger partial charge is 0.328 e. The fourth-order valence-corrected chi connectivity index (χ4v) is 4.05. The molecule has 7 nitrogen and oxygen atoms in total. The van der Waals surface area contributed by atoms with Gasteiger partial charge < -0.3 is 15.8 Å². The van der Waals surface area contributed by atoms with E-state index >= 15 is 0 Å². The maximum atomic E-state index is 12.8. The van der Waals surface area contributed by atoms with Crippen molar-refractivity contribution in [2.75, 3.05) is 7.11 Å². The van der Waals surface area contributed by atoms with Gasteiger partial charge in [0.05, 0.1) is 34.4 Å². The fraction of sp³-hybridized carbons (Fsp3) is 0.120. The molecule has 3 N–H and O–H groups in total. The molecular weight excluding hydrogens is 477 g/mol. The first-order chi connectivity index (χ1) is 16.3. The summed E-state index contributed by atoms with van der Waals surface area (Å²) in [6.45, 7) is 0. The van der Waals surface area contributed by atoms with Crippen molar-refractivity contribution in [1.29, 1.82) is 5.26 Å². The van der Waals surface area contributed by atoms with Crippen molar-refractivity contribution in [3.8, 4) is 17.2 Å². The second-order valence-corrected chi connectivity index (χ2v) is 8.07. The topological polar surface area (TPSA) is 122 Å². The number of halogens is 2. The molecule has 0 aliphatic rings. The number of ether oxygens (including phenoxy) is 1. The lowest BCUT2D eigenvalue weighted by Crippen LogP contribution is -2.43. The molecule has 0 radical (unpaired) electrons. The number of hydrogen-bond acceptors (Lipinski definition) is 5. The first-order valence-electron chi connectivity index (χ1n) is 10.0. The van der Waals surface area contributed by atoms with Crippen LogP contribution in [0, 0.1) is 11.3 Å². The van der Waals surface area contributed by atoms with Crippen LogP contribution < -0.4 is 11.1 Å². The molecular formula is C25H19Cl2N3O4. The molecule has 9 heteroatoms. The second-order valence-electron chi connectivity index (χ2n) is 7.25. The zero-order chi connectivity index (χ0) is 24.8. The van der Waals surface area contributed by atoms with E-state index in [1.54, 1.807) is 48.5 Å². The normalized spacial score (nSPS) is 11.2. The summed E-state index contributed by atoms with van der Waals surface area (Å²) >= 11 is 12.2. The lowest BCUT2D eigenvalue weighted by Gasteiger charge is -2.18. The molecule has 34 heavy (non-hydrogen) atoms. The first kappa shape index (κ1) is 24.8. The van der Waals surface area contributed by atoms with Crippen molar-refractivity contribution in [3.63, 3.8) is 0 Å². The van der Waals surface area contributed by atoms with E-state index < -0.39 is 23.8 Å². The maximum Gasteiger partial charge on any atom is 0.328 e. The number of primary amides is 1. The lowest BCUT2D eigenvalue weighted by atomic mass is 9.93. The largest absolute Gasteiger partial charge is 0.467 e. The number of hydrogen-bond donors (Lipinski definition) is 2. The minimum absolute atomic E-state index is 0.0576. The van der Waals surface area contributed by atoms with Gasteiger partial charge in [-0.2, -0.15) is 5.26 Å². The average molecular weight is 496 g/mol. The average Bonchev–Trinajstić information content (AvgIpc) is 2.83.